The smallest absolute Gasteiger partial charge is 0.136 e. The topological polar surface area (TPSA) is 56.3 Å². The van der Waals surface area contributed by atoms with Crippen molar-refractivity contribution in [2.75, 3.05) is 19.0 Å². The predicted octanol–water partition coefficient (Wildman–Crippen LogP) is 2.56. The number of benzene rings is 1. The summed E-state index contributed by atoms with van der Waals surface area (Å²) in [5.74, 6) is 1.59. The van der Waals surface area contributed by atoms with Crippen LogP contribution >= 0.6 is 11.5 Å². The number of nitrogens with zero attached hydrogens (tertiary/aromatic N) is 2. The Morgan fingerprint density at radius 3 is 2.61 bits per heavy atom. The molecular formula is C12H15N3O2S. The Hall–Kier alpha value is -1.82. The molecule has 0 spiro atoms. The van der Waals surface area contributed by atoms with Crippen LogP contribution in [0.4, 0.5) is 5.00 Å². The van der Waals surface area contributed by atoms with E-state index in [1.165, 1.54) is 11.5 Å². The fraction of sp³-hybridized carbons (Fsp3) is 0.333. The van der Waals surface area contributed by atoms with Crippen molar-refractivity contribution in [1.29, 1.82) is 0 Å². The Bertz CT molecular complexity index is 484. The molecule has 0 amide bonds. The van der Waals surface area contributed by atoms with Gasteiger partial charge in [0.2, 0.25) is 0 Å². The van der Waals surface area contributed by atoms with Crippen molar-refractivity contribution in [3.63, 3.8) is 0 Å². The lowest BCUT2D eigenvalue weighted by Gasteiger charge is -2.06. The number of methoxy groups -OCH3 is 1. The molecule has 1 N–H and O–H groups in total. The van der Waals surface area contributed by atoms with E-state index < -0.39 is 0 Å². The molecule has 0 atom stereocenters. The van der Waals surface area contributed by atoms with Crippen LogP contribution in [0.1, 0.15) is 12.6 Å². The second-order valence-corrected chi connectivity index (χ2v) is 4.30. The lowest BCUT2D eigenvalue weighted by Crippen LogP contribution is -2.02. The molecule has 0 bridgehead atoms. The van der Waals surface area contributed by atoms with E-state index in [0.717, 1.165) is 28.7 Å². The number of hydrogen-bond acceptors (Lipinski definition) is 6. The average molecular weight is 265 g/mol. The summed E-state index contributed by atoms with van der Waals surface area (Å²) in [5.41, 5.74) is 0.831. The summed E-state index contributed by atoms with van der Waals surface area (Å²) in [6.07, 6.45) is 0. The van der Waals surface area contributed by atoms with E-state index >= 15 is 0 Å². The highest BCUT2D eigenvalue weighted by molar-refractivity contribution is 7.10. The van der Waals surface area contributed by atoms with Crippen LogP contribution < -0.4 is 14.8 Å². The first-order chi connectivity index (χ1) is 8.83. The van der Waals surface area contributed by atoms with Crippen LogP contribution in [-0.4, -0.2) is 23.2 Å². The zero-order valence-electron chi connectivity index (χ0n) is 10.3. The summed E-state index contributed by atoms with van der Waals surface area (Å²) in [5, 5.41) is 8.21. The maximum absolute atomic E-state index is 5.65. The zero-order chi connectivity index (χ0) is 12.8. The van der Waals surface area contributed by atoms with Gasteiger partial charge in [-0.1, -0.05) is 4.49 Å². The Kier molecular flexibility index (Phi) is 4.35. The molecule has 0 aliphatic carbocycles. The van der Waals surface area contributed by atoms with Crippen LogP contribution in [0.5, 0.6) is 11.5 Å². The normalized spacial score (nSPS) is 10.1. The van der Waals surface area contributed by atoms with E-state index in [-0.39, 0.29) is 0 Å². The largest absolute Gasteiger partial charge is 0.497 e. The van der Waals surface area contributed by atoms with Crippen molar-refractivity contribution in [2.24, 2.45) is 0 Å². The van der Waals surface area contributed by atoms with Crippen LogP contribution in [0.15, 0.2) is 24.3 Å². The predicted molar refractivity (Wildman–Crippen MR) is 71.4 cm³/mol. The fourth-order valence-corrected chi connectivity index (χ4v) is 2.06. The Morgan fingerprint density at radius 1 is 1.22 bits per heavy atom. The van der Waals surface area contributed by atoms with Gasteiger partial charge in [0.05, 0.1) is 7.11 Å². The van der Waals surface area contributed by atoms with Gasteiger partial charge in [-0.2, -0.15) is 0 Å². The van der Waals surface area contributed by atoms with E-state index in [4.69, 9.17) is 9.47 Å². The van der Waals surface area contributed by atoms with Gasteiger partial charge in [0.15, 0.2) is 0 Å². The average Bonchev–Trinajstić information content (AvgIpc) is 2.85. The van der Waals surface area contributed by atoms with Crippen LogP contribution in [-0.2, 0) is 6.61 Å². The molecule has 0 saturated heterocycles. The second kappa shape index (κ2) is 6.20. The Morgan fingerprint density at radius 2 is 1.94 bits per heavy atom. The second-order valence-electron chi connectivity index (χ2n) is 3.54. The highest BCUT2D eigenvalue weighted by Crippen LogP contribution is 2.21. The van der Waals surface area contributed by atoms with Gasteiger partial charge >= 0.3 is 0 Å². The monoisotopic (exact) mass is 265 g/mol. The molecule has 0 fully saturated rings. The Balaban J connectivity index is 1.95. The van der Waals surface area contributed by atoms with Crippen LogP contribution in [0.25, 0.3) is 0 Å². The number of aromatic nitrogens is 2. The number of rotatable bonds is 6. The molecule has 1 aromatic carbocycles. The van der Waals surface area contributed by atoms with Crippen molar-refractivity contribution in [3.8, 4) is 11.5 Å². The molecule has 0 aliphatic rings. The maximum atomic E-state index is 5.65. The number of anilines is 1. The summed E-state index contributed by atoms with van der Waals surface area (Å²) in [6, 6.07) is 7.46. The first kappa shape index (κ1) is 12.6. The minimum Gasteiger partial charge on any atom is -0.497 e. The van der Waals surface area contributed by atoms with Crippen LogP contribution in [0, 0.1) is 0 Å². The van der Waals surface area contributed by atoms with E-state index in [2.05, 4.69) is 14.9 Å². The minimum atomic E-state index is 0.408. The third kappa shape index (κ3) is 3.10. The van der Waals surface area contributed by atoms with Crippen molar-refractivity contribution in [1.82, 2.24) is 9.59 Å². The lowest BCUT2D eigenvalue weighted by molar-refractivity contribution is 0.301. The van der Waals surface area contributed by atoms with Gasteiger partial charge in [-0.05, 0) is 31.2 Å². The summed E-state index contributed by atoms with van der Waals surface area (Å²) in [4.78, 5) is 0. The summed E-state index contributed by atoms with van der Waals surface area (Å²) < 4.78 is 14.6. The number of ether oxygens (including phenoxy) is 2. The molecular weight excluding hydrogens is 250 g/mol. The van der Waals surface area contributed by atoms with Gasteiger partial charge in [0.1, 0.15) is 28.8 Å². The zero-order valence-corrected chi connectivity index (χ0v) is 11.2. The Labute approximate surface area is 110 Å². The van der Waals surface area contributed by atoms with E-state index in [9.17, 15) is 0 Å². The molecule has 18 heavy (non-hydrogen) atoms. The van der Waals surface area contributed by atoms with Gasteiger partial charge in [0, 0.05) is 18.1 Å². The first-order valence-corrected chi connectivity index (χ1v) is 6.42. The highest BCUT2D eigenvalue weighted by Gasteiger charge is 2.07. The van der Waals surface area contributed by atoms with Crippen LogP contribution in [0.2, 0.25) is 0 Å². The number of nitrogens with one attached hydrogen (secondary N) is 1. The third-order valence-corrected chi connectivity index (χ3v) is 3.05. The van der Waals surface area contributed by atoms with Gasteiger partial charge < -0.3 is 14.8 Å². The molecule has 2 rings (SSSR count). The molecule has 0 unspecified atom stereocenters. The molecule has 6 heteroatoms. The molecule has 2 aromatic rings. The fourth-order valence-electron chi connectivity index (χ4n) is 1.42. The first-order valence-electron chi connectivity index (χ1n) is 5.65. The van der Waals surface area contributed by atoms with Crippen molar-refractivity contribution in [3.05, 3.63) is 30.0 Å². The molecule has 1 heterocycles. The van der Waals surface area contributed by atoms with E-state index in [0.29, 0.717) is 6.61 Å². The quantitative estimate of drug-likeness (QED) is 0.870. The summed E-state index contributed by atoms with van der Waals surface area (Å²) in [6.45, 7) is 3.29. The third-order valence-electron chi connectivity index (χ3n) is 2.33. The van der Waals surface area contributed by atoms with Gasteiger partial charge in [-0.25, -0.2) is 0 Å². The lowest BCUT2D eigenvalue weighted by atomic mass is 10.3. The SMILES string of the molecule is CCNc1snnc1COc1ccc(OC)cc1. The molecule has 1 aromatic heterocycles. The maximum Gasteiger partial charge on any atom is 0.136 e. The molecule has 0 saturated carbocycles. The molecule has 96 valence electrons. The van der Waals surface area contributed by atoms with E-state index in [1.807, 2.05) is 31.2 Å². The van der Waals surface area contributed by atoms with Crippen molar-refractivity contribution in [2.45, 2.75) is 13.5 Å². The standard InChI is InChI=1S/C12H15N3O2S/c1-3-13-12-11(14-15-18-12)8-17-10-6-4-9(16-2)5-7-10/h4-7,13H,3,8H2,1-2H3. The van der Waals surface area contributed by atoms with Gasteiger partial charge in [0.25, 0.3) is 0 Å². The highest BCUT2D eigenvalue weighted by atomic mass is 32.1. The van der Waals surface area contributed by atoms with Crippen LogP contribution in [0.3, 0.4) is 0 Å². The molecule has 5 nitrogen and oxygen atoms in total. The van der Waals surface area contributed by atoms with Gasteiger partial charge in [-0.15, -0.1) is 5.10 Å². The van der Waals surface area contributed by atoms with Crippen molar-refractivity contribution >= 4 is 16.5 Å². The molecule has 0 radical (unpaired) electrons. The van der Waals surface area contributed by atoms with Gasteiger partial charge in [-0.3, -0.25) is 0 Å². The number of hydrogen-bond donors (Lipinski definition) is 1. The minimum absolute atomic E-state index is 0.408. The molecule has 0 aliphatic heterocycles. The van der Waals surface area contributed by atoms with E-state index in [1.54, 1.807) is 7.11 Å². The summed E-state index contributed by atoms with van der Waals surface area (Å²) >= 11 is 1.34. The van der Waals surface area contributed by atoms with Crippen molar-refractivity contribution < 1.29 is 9.47 Å². The summed E-state index contributed by atoms with van der Waals surface area (Å²) in [7, 11) is 1.64.